The molecule has 0 saturated carbocycles. The first-order valence-electron chi connectivity index (χ1n) is 7.44. The lowest BCUT2D eigenvalue weighted by molar-refractivity contribution is 0.602. The number of halogens is 3. The maximum Gasteiger partial charge on any atom is 0.191 e. The fourth-order valence-electron chi connectivity index (χ4n) is 2.17. The van der Waals surface area contributed by atoms with Crippen LogP contribution in [-0.2, 0) is 6.54 Å². The van der Waals surface area contributed by atoms with Gasteiger partial charge in [-0.3, -0.25) is 4.99 Å². The van der Waals surface area contributed by atoms with Crippen LogP contribution in [0, 0.1) is 17.1 Å². The lowest BCUT2D eigenvalue weighted by Gasteiger charge is -2.18. The van der Waals surface area contributed by atoms with E-state index in [2.05, 4.69) is 15.6 Å². The molecule has 0 aromatic heterocycles. The van der Waals surface area contributed by atoms with Crippen molar-refractivity contribution in [3.63, 3.8) is 0 Å². The van der Waals surface area contributed by atoms with E-state index in [0.717, 1.165) is 5.56 Å². The highest BCUT2D eigenvalue weighted by atomic mass is 127. The van der Waals surface area contributed by atoms with Crippen molar-refractivity contribution in [1.29, 1.82) is 5.26 Å². The number of nitriles is 1. The van der Waals surface area contributed by atoms with Crippen molar-refractivity contribution in [2.45, 2.75) is 19.5 Å². The SMILES string of the molecule is CN=C(NCc1ccc(C#N)cc1F)NC(C)c1ccc(Cl)cc1.I. The summed E-state index contributed by atoms with van der Waals surface area (Å²) >= 11 is 5.89. The van der Waals surface area contributed by atoms with Crippen LogP contribution in [0.15, 0.2) is 47.5 Å². The lowest BCUT2D eigenvalue weighted by Crippen LogP contribution is -2.38. The molecule has 7 heteroatoms. The van der Waals surface area contributed by atoms with E-state index in [0.29, 0.717) is 22.1 Å². The molecule has 0 heterocycles. The monoisotopic (exact) mass is 472 g/mol. The van der Waals surface area contributed by atoms with Gasteiger partial charge in [0.25, 0.3) is 0 Å². The van der Waals surface area contributed by atoms with E-state index in [1.165, 1.54) is 6.07 Å². The third-order valence-electron chi connectivity index (χ3n) is 3.58. The standard InChI is InChI=1S/C18H18ClFN4.HI/c1-12(14-5-7-16(19)8-6-14)24-18(22-2)23-11-15-4-3-13(10-21)9-17(15)20;/h3-9,12H,11H2,1-2H3,(H2,22,23,24);1H. The summed E-state index contributed by atoms with van der Waals surface area (Å²) in [6, 6.07) is 13.9. The first-order chi connectivity index (χ1) is 11.5. The minimum Gasteiger partial charge on any atom is -0.352 e. The molecule has 0 radical (unpaired) electrons. The Bertz CT molecular complexity index is 772. The van der Waals surface area contributed by atoms with Gasteiger partial charge in [-0.25, -0.2) is 4.39 Å². The van der Waals surface area contributed by atoms with E-state index < -0.39 is 5.82 Å². The van der Waals surface area contributed by atoms with Crippen LogP contribution in [-0.4, -0.2) is 13.0 Å². The molecule has 132 valence electrons. The number of hydrogen-bond acceptors (Lipinski definition) is 2. The van der Waals surface area contributed by atoms with Crippen molar-refractivity contribution in [3.05, 3.63) is 70.0 Å². The molecule has 1 atom stereocenters. The van der Waals surface area contributed by atoms with Gasteiger partial charge in [0.1, 0.15) is 5.82 Å². The van der Waals surface area contributed by atoms with Gasteiger partial charge in [-0.05, 0) is 36.8 Å². The van der Waals surface area contributed by atoms with Gasteiger partial charge in [0.05, 0.1) is 17.7 Å². The van der Waals surface area contributed by atoms with E-state index in [9.17, 15) is 4.39 Å². The molecule has 2 aromatic carbocycles. The Morgan fingerprint density at radius 1 is 1.28 bits per heavy atom. The molecule has 2 rings (SSSR count). The number of benzene rings is 2. The Morgan fingerprint density at radius 3 is 2.52 bits per heavy atom. The number of nitrogens with one attached hydrogen (secondary N) is 2. The fraction of sp³-hybridized carbons (Fsp3) is 0.222. The van der Waals surface area contributed by atoms with Gasteiger partial charge in [0, 0.05) is 24.2 Å². The minimum atomic E-state index is -0.414. The summed E-state index contributed by atoms with van der Waals surface area (Å²) in [6.07, 6.45) is 0. The van der Waals surface area contributed by atoms with Crippen LogP contribution in [0.5, 0.6) is 0 Å². The predicted molar refractivity (Wildman–Crippen MR) is 110 cm³/mol. The zero-order valence-corrected chi connectivity index (χ0v) is 17.0. The zero-order valence-electron chi connectivity index (χ0n) is 13.9. The molecule has 0 amide bonds. The molecule has 25 heavy (non-hydrogen) atoms. The van der Waals surface area contributed by atoms with Crippen molar-refractivity contribution in [2.24, 2.45) is 4.99 Å². The highest BCUT2D eigenvalue weighted by molar-refractivity contribution is 14.0. The Balaban J connectivity index is 0.00000312. The molecule has 0 aliphatic heterocycles. The van der Waals surface area contributed by atoms with Crippen LogP contribution in [0.3, 0.4) is 0 Å². The van der Waals surface area contributed by atoms with Crippen molar-refractivity contribution in [3.8, 4) is 6.07 Å². The summed E-state index contributed by atoms with van der Waals surface area (Å²) in [7, 11) is 1.65. The molecule has 0 saturated heterocycles. The van der Waals surface area contributed by atoms with Gasteiger partial charge in [-0.15, -0.1) is 24.0 Å². The van der Waals surface area contributed by atoms with E-state index in [1.807, 2.05) is 37.3 Å². The van der Waals surface area contributed by atoms with Crippen LogP contribution < -0.4 is 10.6 Å². The van der Waals surface area contributed by atoms with Crippen LogP contribution in [0.25, 0.3) is 0 Å². The number of guanidine groups is 1. The molecule has 0 bridgehead atoms. The highest BCUT2D eigenvalue weighted by Gasteiger charge is 2.09. The number of rotatable bonds is 4. The van der Waals surface area contributed by atoms with E-state index in [4.69, 9.17) is 16.9 Å². The Kier molecular flexibility index (Phi) is 8.66. The topological polar surface area (TPSA) is 60.2 Å². The second-order valence-corrected chi connectivity index (χ2v) is 5.70. The lowest BCUT2D eigenvalue weighted by atomic mass is 10.1. The summed E-state index contributed by atoms with van der Waals surface area (Å²) in [6.45, 7) is 2.27. The molecule has 1 unspecified atom stereocenters. The smallest absolute Gasteiger partial charge is 0.191 e. The Morgan fingerprint density at radius 2 is 1.96 bits per heavy atom. The molecule has 2 N–H and O–H groups in total. The average Bonchev–Trinajstić information content (AvgIpc) is 2.59. The molecular weight excluding hydrogens is 454 g/mol. The molecule has 0 aliphatic rings. The van der Waals surface area contributed by atoms with Gasteiger partial charge in [0.2, 0.25) is 0 Å². The molecule has 0 fully saturated rings. The predicted octanol–water partition coefficient (Wildman–Crippen LogP) is 4.39. The number of hydrogen-bond donors (Lipinski definition) is 2. The van der Waals surface area contributed by atoms with Crippen LogP contribution >= 0.6 is 35.6 Å². The van der Waals surface area contributed by atoms with E-state index in [1.54, 1.807) is 19.2 Å². The number of nitrogens with zero attached hydrogens (tertiary/aromatic N) is 2. The van der Waals surface area contributed by atoms with Gasteiger partial charge in [0.15, 0.2) is 5.96 Å². The second-order valence-electron chi connectivity index (χ2n) is 5.26. The largest absolute Gasteiger partial charge is 0.352 e. The van der Waals surface area contributed by atoms with Crippen molar-refractivity contribution in [1.82, 2.24) is 10.6 Å². The first-order valence-corrected chi connectivity index (χ1v) is 7.82. The molecule has 0 spiro atoms. The second kappa shape index (κ2) is 10.2. The third kappa shape index (κ3) is 6.18. The Hall–Kier alpha value is -1.85. The van der Waals surface area contributed by atoms with Gasteiger partial charge >= 0.3 is 0 Å². The van der Waals surface area contributed by atoms with E-state index in [-0.39, 0.29) is 36.6 Å². The van der Waals surface area contributed by atoms with Crippen molar-refractivity contribution >= 4 is 41.5 Å². The highest BCUT2D eigenvalue weighted by Crippen LogP contribution is 2.16. The Labute approximate surface area is 169 Å². The maximum absolute atomic E-state index is 13.9. The first kappa shape index (κ1) is 21.2. The minimum absolute atomic E-state index is 0. The van der Waals surface area contributed by atoms with Gasteiger partial charge in [-0.2, -0.15) is 5.26 Å². The number of aliphatic imine (C=N–C) groups is 1. The summed E-state index contributed by atoms with van der Waals surface area (Å²) in [5.74, 6) is 0.143. The summed E-state index contributed by atoms with van der Waals surface area (Å²) < 4.78 is 13.9. The summed E-state index contributed by atoms with van der Waals surface area (Å²) in [4.78, 5) is 4.14. The quantitative estimate of drug-likeness (QED) is 0.394. The van der Waals surface area contributed by atoms with Crippen molar-refractivity contribution < 1.29 is 4.39 Å². The van der Waals surface area contributed by atoms with Crippen molar-refractivity contribution in [2.75, 3.05) is 7.05 Å². The van der Waals surface area contributed by atoms with Gasteiger partial charge in [-0.1, -0.05) is 29.8 Å². The molecule has 4 nitrogen and oxygen atoms in total. The fourth-order valence-corrected chi connectivity index (χ4v) is 2.30. The third-order valence-corrected chi connectivity index (χ3v) is 3.83. The van der Waals surface area contributed by atoms with Crippen LogP contribution in [0.2, 0.25) is 5.02 Å². The average molecular weight is 473 g/mol. The normalized spacial score (nSPS) is 11.9. The molecular formula is C18H19ClFIN4. The molecule has 2 aromatic rings. The van der Waals surface area contributed by atoms with Crippen LogP contribution in [0.4, 0.5) is 4.39 Å². The van der Waals surface area contributed by atoms with E-state index >= 15 is 0 Å². The zero-order chi connectivity index (χ0) is 17.5. The van der Waals surface area contributed by atoms with Gasteiger partial charge < -0.3 is 10.6 Å². The van der Waals surface area contributed by atoms with Crippen LogP contribution in [0.1, 0.15) is 29.7 Å². The summed E-state index contributed by atoms with van der Waals surface area (Å²) in [5, 5.41) is 15.8. The summed E-state index contributed by atoms with van der Waals surface area (Å²) in [5.41, 5.74) is 1.83. The maximum atomic E-state index is 13.9. The molecule has 0 aliphatic carbocycles.